The van der Waals surface area contributed by atoms with E-state index in [1.807, 2.05) is 60.0 Å². The number of amides is 2. The van der Waals surface area contributed by atoms with Crippen molar-refractivity contribution < 1.29 is 14.3 Å². The van der Waals surface area contributed by atoms with Crippen LogP contribution in [0.1, 0.15) is 37.2 Å². The van der Waals surface area contributed by atoms with Gasteiger partial charge in [-0.15, -0.1) is 11.3 Å². The summed E-state index contributed by atoms with van der Waals surface area (Å²) in [7, 11) is 1.61. The number of ether oxygens (including phenoxy) is 1. The number of methoxy groups -OCH3 is 1. The monoisotopic (exact) mass is 476 g/mol. The van der Waals surface area contributed by atoms with Crippen molar-refractivity contribution in [2.24, 2.45) is 0 Å². The van der Waals surface area contributed by atoms with Gasteiger partial charge in [0, 0.05) is 5.56 Å². The second-order valence-corrected chi connectivity index (χ2v) is 8.57. The number of nitrogens with one attached hydrogen (secondary N) is 2. The Balaban J connectivity index is 1.59. The van der Waals surface area contributed by atoms with Crippen LogP contribution in [0.3, 0.4) is 0 Å². The van der Waals surface area contributed by atoms with Crippen LogP contribution in [0.15, 0.2) is 90.3 Å². The van der Waals surface area contributed by atoms with Crippen molar-refractivity contribution in [3.63, 3.8) is 0 Å². The van der Waals surface area contributed by atoms with Crippen molar-refractivity contribution in [1.29, 1.82) is 0 Å². The van der Waals surface area contributed by atoms with Crippen LogP contribution in [-0.2, 0) is 0 Å². The second kappa shape index (κ2) is 10.3. The Morgan fingerprint density at radius 2 is 1.61 bits per heavy atom. The summed E-state index contributed by atoms with van der Waals surface area (Å²) in [6.45, 7) is 0. The minimum Gasteiger partial charge on any atom is -0.497 e. The highest BCUT2D eigenvalue weighted by Gasteiger charge is 2.19. The van der Waals surface area contributed by atoms with Crippen LogP contribution in [-0.4, -0.2) is 18.9 Å². The zero-order chi connectivity index (χ0) is 23.2. The predicted octanol–water partition coefficient (Wildman–Crippen LogP) is 6.18. The van der Waals surface area contributed by atoms with Crippen molar-refractivity contribution in [2.75, 3.05) is 12.4 Å². The molecule has 0 aliphatic heterocycles. The number of carbonyl (C=O) groups is 2. The first-order valence-corrected chi connectivity index (χ1v) is 11.4. The van der Waals surface area contributed by atoms with Crippen LogP contribution in [0, 0.1) is 0 Å². The van der Waals surface area contributed by atoms with Gasteiger partial charge >= 0.3 is 0 Å². The van der Waals surface area contributed by atoms with Gasteiger partial charge in [0.05, 0.1) is 28.7 Å². The van der Waals surface area contributed by atoms with E-state index in [2.05, 4.69) is 10.6 Å². The van der Waals surface area contributed by atoms with Crippen molar-refractivity contribution in [1.82, 2.24) is 5.32 Å². The number of halogens is 1. The Morgan fingerprint density at radius 1 is 0.879 bits per heavy atom. The third-order valence-electron chi connectivity index (χ3n) is 5.08. The van der Waals surface area contributed by atoms with Gasteiger partial charge in [0.15, 0.2) is 0 Å². The largest absolute Gasteiger partial charge is 0.497 e. The van der Waals surface area contributed by atoms with Crippen LogP contribution < -0.4 is 15.4 Å². The summed E-state index contributed by atoms with van der Waals surface area (Å²) in [6.07, 6.45) is 0. The summed E-state index contributed by atoms with van der Waals surface area (Å²) in [6, 6.07) is 25.2. The first-order valence-electron chi connectivity index (χ1n) is 10.2. The fourth-order valence-electron chi connectivity index (χ4n) is 3.37. The summed E-state index contributed by atoms with van der Waals surface area (Å²) >= 11 is 7.61. The SMILES string of the molecule is COc1ccc(C(NC(=O)c2ccc(Cl)c(NC(=O)c3cccs3)c2)c2ccccc2)cc1. The summed E-state index contributed by atoms with van der Waals surface area (Å²) in [5.74, 6) is 0.175. The average molecular weight is 477 g/mol. The van der Waals surface area contributed by atoms with Crippen molar-refractivity contribution in [3.8, 4) is 5.75 Å². The van der Waals surface area contributed by atoms with Crippen LogP contribution in [0.25, 0.3) is 0 Å². The molecule has 2 N–H and O–H groups in total. The van der Waals surface area contributed by atoms with Gasteiger partial charge in [-0.3, -0.25) is 9.59 Å². The molecule has 166 valence electrons. The molecule has 7 heteroatoms. The molecule has 33 heavy (non-hydrogen) atoms. The Hall–Kier alpha value is -3.61. The average Bonchev–Trinajstić information content (AvgIpc) is 3.40. The van der Waals surface area contributed by atoms with E-state index < -0.39 is 0 Å². The summed E-state index contributed by atoms with van der Waals surface area (Å²) in [4.78, 5) is 26.2. The van der Waals surface area contributed by atoms with E-state index in [0.717, 1.165) is 16.9 Å². The lowest BCUT2D eigenvalue weighted by molar-refractivity contribution is 0.0941. The van der Waals surface area contributed by atoms with E-state index in [4.69, 9.17) is 16.3 Å². The topological polar surface area (TPSA) is 67.4 Å². The third-order valence-corrected chi connectivity index (χ3v) is 6.28. The number of benzene rings is 3. The molecule has 1 heterocycles. The highest BCUT2D eigenvalue weighted by molar-refractivity contribution is 7.12. The fourth-order valence-corrected chi connectivity index (χ4v) is 4.15. The molecule has 1 atom stereocenters. The Bertz CT molecular complexity index is 1240. The van der Waals surface area contributed by atoms with E-state index in [1.165, 1.54) is 11.3 Å². The van der Waals surface area contributed by atoms with Gasteiger partial charge in [0.25, 0.3) is 11.8 Å². The first kappa shape index (κ1) is 22.6. The maximum Gasteiger partial charge on any atom is 0.265 e. The number of rotatable bonds is 7. The standard InChI is InChI=1S/C26H21ClN2O3S/c1-32-20-12-9-18(10-13-20)24(17-6-3-2-4-7-17)29-25(30)19-11-14-21(27)22(16-19)28-26(31)23-8-5-15-33-23/h2-16,24H,1H3,(H,28,31)(H,29,30). The van der Waals surface area contributed by atoms with E-state index in [-0.39, 0.29) is 17.9 Å². The van der Waals surface area contributed by atoms with E-state index >= 15 is 0 Å². The minimum atomic E-state index is -0.371. The maximum absolute atomic E-state index is 13.2. The number of carbonyl (C=O) groups excluding carboxylic acids is 2. The van der Waals surface area contributed by atoms with Crippen LogP contribution in [0.2, 0.25) is 5.02 Å². The molecule has 4 rings (SSSR count). The van der Waals surface area contributed by atoms with Crippen LogP contribution in [0.4, 0.5) is 5.69 Å². The Morgan fingerprint density at radius 3 is 2.27 bits per heavy atom. The predicted molar refractivity (Wildman–Crippen MR) is 132 cm³/mol. The third kappa shape index (κ3) is 5.42. The lowest BCUT2D eigenvalue weighted by Gasteiger charge is -2.20. The first-order chi connectivity index (χ1) is 16.0. The maximum atomic E-state index is 13.2. The van der Waals surface area contributed by atoms with Crippen molar-refractivity contribution in [3.05, 3.63) is 117 Å². The Kier molecular flexibility index (Phi) is 7.07. The molecule has 2 amide bonds. The molecule has 0 aliphatic rings. The molecule has 3 aromatic carbocycles. The number of thiophene rings is 1. The van der Waals surface area contributed by atoms with Crippen molar-refractivity contribution >= 4 is 40.4 Å². The summed E-state index contributed by atoms with van der Waals surface area (Å²) in [5.41, 5.74) is 2.62. The normalized spacial score (nSPS) is 11.5. The molecular weight excluding hydrogens is 456 g/mol. The highest BCUT2D eigenvalue weighted by atomic mass is 35.5. The minimum absolute atomic E-state index is 0.273. The number of hydrogen-bond donors (Lipinski definition) is 2. The molecule has 0 spiro atoms. The van der Waals surface area contributed by atoms with E-state index in [1.54, 1.807) is 37.4 Å². The number of anilines is 1. The second-order valence-electron chi connectivity index (χ2n) is 7.22. The Labute approximate surface area is 201 Å². The van der Waals surface area contributed by atoms with Gasteiger partial charge in [-0.2, -0.15) is 0 Å². The molecule has 0 fully saturated rings. The van der Waals surface area contributed by atoms with Crippen LogP contribution >= 0.6 is 22.9 Å². The van der Waals surface area contributed by atoms with E-state index in [9.17, 15) is 9.59 Å². The smallest absolute Gasteiger partial charge is 0.265 e. The molecule has 0 radical (unpaired) electrons. The molecule has 5 nitrogen and oxygen atoms in total. The van der Waals surface area contributed by atoms with Gasteiger partial charge in [-0.05, 0) is 52.9 Å². The van der Waals surface area contributed by atoms with Crippen LogP contribution in [0.5, 0.6) is 5.75 Å². The quantitative estimate of drug-likeness (QED) is 0.334. The molecule has 0 aliphatic carbocycles. The van der Waals surface area contributed by atoms with Gasteiger partial charge in [-0.1, -0.05) is 60.1 Å². The number of hydrogen-bond acceptors (Lipinski definition) is 4. The molecular formula is C26H21ClN2O3S. The summed E-state index contributed by atoms with van der Waals surface area (Å²) < 4.78 is 5.25. The van der Waals surface area contributed by atoms with E-state index in [0.29, 0.717) is 21.2 Å². The van der Waals surface area contributed by atoms with Gasteiger partial charge in [0.1, 0.15) is 5.75 Å². The molecule has 1 aromatic heterocycles. The van der Waals surface area contributed by atoms with Gasteiger partial charge in [0.2, 0.25) is 0 Å². The lowest BCUT2D eigenvalue weighted by Crippen LogP contribution is -2.29. The van der Waals surface area contributed by atoms with Gasteiger partial charge in [-0.25, -0.2) is 0 Å². The fraction of sp³-hybridized carbons (Fsp3) is 0.0769. The zero-order valence-electron chi connectivity index (χ0n) is 17.7. The van der Waals surface area contributed by atoms with Crippen molar-refractivity contribution in [2.45, 2.75) is 6.04 Å². The molecule has 0 bridgehead atoms. The zero-order valence-corrected chi connectivity index (χ0v) is 19.3. The molecule has 4 aromatic rings. The van der Waals surface area contributed by atoms with Gasteiger partial charge < -0.3 is 15.4 Å². The highest BCUT2D eigenvalue weighted by Crippen LogP contribution is 2.27. The molecule has 1 unspecified atom stereocenters. The summed E-state index contributed by atoms with van der Waals surface area (Å²) in [5, 5.41) is 8.06. The lowest BCUT2D eigenvalue weighted by atomic mass is 9.98. The molecule has 0 saturated carbocycles. The molecule has 0 saturated heterocycles.